The molecule has 134 valence electrons. The van der Waals surface area contributed by atoms with Gasteiger partial charge in [-0.1, -0.05) is 91.0 Å². The molecular weight excluding hydrogens is 330 g/mol. The van der Waals surface area contributed by atoms with Crippen LogP contribution in [-0.2, 0) is 6.54 Å². The zero-order valence-electron chi connectivity index (χ0n) is 15.3. The number of hydrogen-bond acceptors (Lipinski definition) is 3. The van der Waals surface area contributed by atoms with Gasteiger partial charge in [-0.3, -0.25) is 10.2 Å². The largest absolute Gasteiger partial charge is 0.293 e. The van der Waals surface area contributed by atoms with Crippen molar-refractivity contribution in [1.82, 2.24) is 10.2 Å². The summed E-state index contributed by atoms with van der Waals surface area (Å²) in [6.45, 7) is 2.14. The van der Waals surface area contributed by atoms with Gasteiger partial charge in [0.15, 0.2) is 0 Å². The van der Waals surface area contributed by atoms with Gasteiger partial charge < -0.3 is 0 Å². The smallest absolute Gasteiger partial charge is 0.132 e. The minimum atomic E-state index is -0.488. The van der Waals surface area contributed by atoms with Crippen molar-refractivity contribution < 1.29 is 0 Å². The molecule has 3 aromatic carbocycles. The lowest BCUT2D eigenvalue weighted by atomic mass is 9.85. The molecule has 0 aliphatic carbocycles. The van der Waals surface area contributed by atoms with Crippen LogP contribution in [0, 0.1) is 11.3 Å². The van der Waals surface area contributed by atoms with Crippen LogP contribution in [0.4, 0.5) is 0 Å². The Balaban J connectivity index is 1.51. The van der Waals surface area contributed by atoms with Gasteiger partial charge in [-0.2, -0.15) is 5.26 Å². The van der Waals surface area contributed by atoms with E-state index < -0.39 is 5.54 Å². The average molecular weight is 353 g/mol. The van der Waals surface area contributed by atoms with Crippen LogP contribution in [-0.4, -0.2) is 23.5 Å². The van der Waals surface area contributed by atoms with Crippen molar-refractivity contribution >= 4 is 0 Å². The van der Waals surface area contributed by atoms with Crippen molar-refractivity contribution in [2.45, 2.75) is 18.1 Å². The Morgan fingerprint density at radius 3 is 1.78 bits per heavy atom. The highest BCUT2D eigenvalue weighted by molar-refractivity contribution is 5.34. The summed E-state index contributed by atoms with van der Waals surface area (Å²) in [4.78, 5) is 2.38. The first-order valence-electron chi connectivity index (χ1n) is 9.34. The number of nitriles is 1. The Bertz CT molecular complexity index is 855. The van der Waals surface area contributed by atoms with E-state index in [4.69, 9.17) is 0 Å². The third kappa shape index (κ3) is 3.78. The first kappa shape index (κ1) is 17.5. The fourth-order valence-electron chi connectivity index (χ4n) is 3.80. The first-order chi connectivity index (χ1) is 13.3. The molecule has 3 heteroatoms. The number of hydrogen-bond donors (Lipinski definition) is 1. The van der Waals surface area contributed by atoms with Crippen molar-refractivity contribution in [2.24, 2.45) is 0 Å². The zero-order chi connectivity index (χ0) is 18.5. The maximum Gasteiger partial charge on any atom is 0.132 e. The molecule has 27 heavy (non-hydrogen) atoms. The van der Waals surface area contributed by atoms with Crippen LogP contribution in [0.1, 0.15) is 22.7 Å². The fourth-order valence-corrected chi connectivity index (χ4v) is 3.80. The summed E-state index contributed by atoms with van der Waals surface area (Å²) in [6.07, 6.45) is 0. The molecule has 0 spiro atoms. The summed E-state index contributed by atoms with van der Waals surface area (Å²) < 4.78 is 0. The van der Waals surface area contributed by atoms with E-state index in [9.17, 15) is 5.26 Å². The summed E-state index contributed by atoms with van der Waals surface area (Å²) in [5, 5.41) is 13.3. The van der Waals surface area contributed by atoms with Gasteiger partial charge >= 0.3 is 0 Å². The lowest BCUT2D eigenvalue weighted by molar-refractivity contribution is 0.0507. The van der Waals surface area contributed by atoms with Crippen LogP contribution >= 0.6 is 0 Å². The second kappa shape index (κ2) is 7.75. The Morgan fingerprint density at radius 2 is 1.30 bits per heavy atom. The van der Waals surface area contributed by atoms with E-state index >= 15 is 0 Å². The van der Waals surface area contributed by atoms with Crippen LogP contribution in [0.2, 0.25) is 0 Å². The number of nitrogens with zero attached hydrogens (tertiary/aromatic N) is 2. The molecule has 1 fully saturated rings. The minimum absolute atomic E-state index is 0.174. The molecule has 4 rings (SSSR count). The van der Waals surface area contributed by atoms with E-state index in [-0.39, 0.29) is 6.04 Å². The van der Waals surface area contributed by atoms with Crippen LogP contribution in [0.25, 0.3) is 0 Å². The van der Waals surface area contributed by atoms with Gasteiger partial charge in [0.1, 0.15) is 5.54 Å². The molecule has 0 radical (unpaired) electrons. The number of nitrogens with one attached hydrogen (secondary N) is 1. The lowest BCUT2D eigenvalue weighted by Crippen LogP contribution is -2.68. The second-order valence-corrected chi connectivity index (χ2v) is 7.16. The van der Waals surface area contributed by atoms with E-state index in [2.05, 4.69) is 76.9 Å². The molecule has 3 aromatic rings. The van der Waals surface area contributed by atoms with Gasteiger partial charge in [-0.25, -0.2) is 0 Å². The van der Waals surface area contributed by atoms with Crippen LogP contribution in [0.15, 0.2) is 91.0 Å². The number of rotatable bonds is 6. The summed E-state index contributed by atoms with van der Waals surface area (Å²) >= 11 is 0. The highest BCUT2D eigenvalue weighted by atomic mass is 15.3. The molecule has 1 aliphatic rings. The molecule has 0 bridgehead atoms. The third-order valence-electron chi connectivity index (χ3n) is 5.23. The molecule has 0 amide bonds. The number of benzene rings is 3. The monoisotopic (exact) mass is 353 g/mol. The molecule has 1 saturated heterocycles. The quantitative estimate of drug-likeness (QED) is 0.724. The van der Waals surface area contributed by atoms with Crippen molar-refractivity contribution in [3.8, 4) is 6.07 Å². The molecule has 0 atom stereocenters. The molecule has 0 unspecified atom stereocenters. The van der Waals surface area contributed by atoms with Gasteiger partial charge in [0.2, 0.25) is 0 Å². The van der Waals surface area contributed by atoms with Crippen LogP contribution in [0.3, 0.4) is 0 Å². The molecule has 0 saturated carbocycles. The average Bonchev–Trinajstić information content (AvgIpc) is 2.72. The molecule has 1 heterocycles. The predicted molar refractivity (Wildman–Crippen MR) is 108 cm³/mol. The lowest BCUT2D eigenvalue weighted by Gasteiger charge is -2.50. The van der Waals surface area contributed by atoms with E-state index in [0.29, 0.717) is 19.6 Å². The normalized spacial score (nSPS) is 15.9. The molecule has 3 nitrogen and oxygen atoms in total. The Kier molecular flexibility index (Phi) is 5.02. The van der Waals surface area contributed by atoms with Crippen molar-refractivity contribution in [2.75, 3.05) is 13.1 Å². The van der Waals surface area contributed by atoms with Crippen LogP contribution < -0.4 is 5.32 Å². The molecular formula is C24H23N3. The topological polar surface area (TPSA) is 39.1 Å². The van der Waals surface area contributed by atoms with Crippen molar-refractivity contribution in [1.29, 1.82) is 5.26 Å². The van der Waals surface area contributed by atoms with Gasteiger partial charge in [0.05, 0.1) is 12.1 Å². The van der Waals surface area contributed by atoms with E-state index in [1.54, 1.807) is 0 Å². The van der Waals surface area contributed by atoms with Crippen molar-refractivity contribution in [3.63, 3.8) is 0 Å². The second-order valence-electron chi connectivity index (χ2n) is 7.16. The van der Waals surface area contributed by atoms with E-state index in [1.807, 2.05) is 30.3 Å². The van der Waals surface area contributed by atoms with Gasteiger partial charge in [0.25, 0.3) is 0 Å². The summed E-state index contributed by atoms with van der Waals surface area (Å²) in [6, 6.07) is 34.0. The Morgan fingerprint density at radius 1 is 0.815 bits per heavy atom. The minimum Gasteiger partial charge on any atom is -0.293 e. The maximum atomic E-state index is 9.82. The SMILES string of the molecule is N#CC1(NCc2ccccc2)CN(C(c2ccccc2)c2ccccc2)C1. The van der Waals surface area contributed by atoms with E-state index in [0.717, 1.165) is 0 Å². The molecule has 0 aromatic heterocycles. The summed E-state index contributed by atoms with van der Waals surface area (Å²) in [5.74, 6) is 0. The highest BCUT2D eigenvalue weighted by Crippen LogP contribution is 2.35. The Hall–Kier alpha value is -2.93. The molecule has 1 aliphatic heterocycles. The van der Waals surface area contributed by atoms with Gasteiger partial charge in [-0.05, 0) is 16.7 Å². The Labute approximate surface area is 160 Å². The zero-order valence-corrected chi connectivity index (χ0v) is 15.3. The highest BCUT2D eigenvalue weighted by Gasteiger charge is 2.46. The predicted octanol–water partition coefficient (Wildman–Crippen LogP) is 4.14. The van der Waals surface area contributed by atoms with Crippen molar-refractivity contribution in [3.05, 3.63) is 108 Å². The van der Waals surface area contributed by atoms with Gasteiger partial charge in [-0.15, -0.1) is 0 Å². The van der Waals surface area contributed by atoms with Gasteiger partial charge in [0, 0.05) is 19.6 Å². The summed E-state index contributed by atoms with van der Waals surface area (Å²) in [5.41, 5.74) is 3.24. The standard InChI is InChI=1S/C24H23N3/c25-17-24(26-16-20-10-4-1-5-11-20)18-27(19-24)23(21-12-6-2-7-13-21)22-14-8-3-9-15-22/h1-15,23,26H,16,18-19H2. The summed E-state index contributed by atoms with van der Waals surface area (Å²) in [7, 11) is 0. The molecule has 1 N–H and O–H groups in total. The third-order valence-corrected chi connectivity index (χ3v) is 5.23. The number of likely N-dealkylation sites (tertiary alicyclic amines) is 1. The first-order valence-corrected chi connectivity index (χ1v) is 9.34. The maximum absolute atomic E-state index is 9.82. The van der Waals surface area contributed by atoms with Crippen LogP contribution in [0.5, 0.6) is 0 Å². The fraction of sp³-hybridized carbons (Fsp3) is 0.208. The van der Waals surface area contributed by atoms with E-state index in [1.165, 1.54) is 16.7 Å².